The largest absolute Gasteiger partial charge is 0.490 e. The summed E-state index contributed by atoms with van der Waals surface area (Å²) in [6.07, 6.45) is 0. The minimum Gasteiger partial charge on any atom is -0.490 e. The van der Waals surface area contributed by atoms with Crippen LogP contribution in [-0.4, -0.2) is 75.0 Å². The van der Waals surface area contributed by atoms with Crippen molar-refractivity contribution >= 4 is 23.3 Å². The van der Waals surface area contributed by atoms with E-state index in [4.69, 9.17) is 25.8 Å². The third kappa shape index (κ3) is 7.38. The van der Waals surface area contributed by atoms with Gasteiger partial charge in [-0.2, -0.15) is 0 Å². The van der Waals surface area contributed by atoms with Gasteiger partial charge in [0, 0.05) is 45.0 Å². The Morgan fingerprint density at radius 1 is 1.19 bits per heavy atom. The Hall–Kier alpha value is -2.32. The van der Waals surface area contributed by atoms with Gasteiger partial charge in [-0.05, 0) is 30.7 Å². The first kappa shape index (κ1) is 24.3. The Morgan fingerprint density at radius 3 is 2.62 bits per heavy atom. The first-order chi connectivity index (χ1) is 15.6. The number of carbonyl (C=O) groups is 1. The van der Waals surface area contributed by atoms with Gasteiger partial charge in [0.1, 0.15) is 12.4 Å². The van der Waals surface area contributed by atoms with Crippen molar-refractivity contribution in [3.8, 4) is 5.75 Å². The maximum atomic E-state index is 13.3. The standard InChI is InChI=1S/C24H32ClN3O4/c1-19(17-27-10-12-31-13-11-27)28(18-20-6-4-3-5-7-20)24(29)26-21-8-9-23(22(25)16-21)32-15-14-30-2/h3-9,16,19H,10-15,17-18H2,1-2H3,(H,26,29)/t19-/m0/s1. The van der Waals surface area contributed by atoms with E-state index in [1.165, 1.54) is 0 Å². The van der Waals surface area contributed by atoms with Gasteiger partial charge in [-0.3, -0.25) is 4.90 Å². The summed E-state index contributed by atoms with van der Waals surface area (Å²) in [4.78, 5) is 17.5. The number of urea groups is 1. The zero-order chi connectivity index (χ0) is 22.8. The number of hydrogen-bond donors (Lipinski definition) is 1. The van der Waals surface area contributed by atoms with Gasteiger partial charge in [-0.15, -0.1) is 0 Å². The van der Waals surface area contributed by atoms with Crippen molar-refractivity contribution < 1.29 is 19.0 Å². The van der Waals surface area contributed by atoms with Gasteiger partial charge in [-0.25, -0.2) is 4.79 Å². The summed E-state index contributed by atoms with van der Waals surface area (Å²) >= 11 is 6.34. The van der Waals surface area contributed by atoms with Gasteiger partial charge in [-0.1, -0.05) is 41.9 Å². The minimum absolute atomic E-state index is 0.0143. The summed E-state index contributed by atoms with van der Waals surface area (Å²) in [7, 11) is 1.62. The highest BCUT2D eigenvalue weighted by Crippen LogP contribution is 2.28. The van der Waals surface area contributed by atoms with E-state index in [1.54, 1.807) is 25.3 Å². The monoisotopic (exact) mass is 461 g/mol. The molecule has 0 bridgehead atoms. The fourth-order valence-electron chi connectivity index (χ4n) is 3.59. The van der Waals surface area contributed by atoms with Gasteiger partial charge >= 0.3 is 6.03 Å². The molecule has 174 valence electrons. The van der Waals surface area contributed by atoms with Crippen LogP contribution in [0, 0.1) is 0 Å². The Balaban J connectivity index is 1.68. The summed E-state index contributed by atoms with van der Waals surface area (Å²) in [5.41, 5.74) is 1.70. The number of nitrogens with zero attached hydrogens (tertiary/aromatic N) is 2. The maximum absolute atomic E-state index is 13.3. The van der Waals surface area contributed by atoms with E-state index in [0.29, 0.717) is 36.2 Å². The number of nitrogens with one attached hydrogen (secondary N) is 1. The van der Waals surface area contributed by atoms with Crippen molar-refractivity contribution in [3.63, 3.8) is 0 Å². The Kier molecular flexibility index (Phi) is 9.62. The topological polar surface area (TPSA) is 63.3 Å². The predicted molar refractivity (Wildman–Crippen MR) is 127 cm³/mol. The second-order valence-corrected chi connectivity index (χ2v) is 8.20. The number of rotatable bonds is 10. The molecule has 2 aromatic carbocycles. The SMILES string of the molecule is COCCOc1ccc(NC(=O)N(Cc2ccccc2)[C@@H](C)CN2CCOCC2)cc1Cl. The number of halogens is 1. The van der Waals surface area contributed by atoms with Crippen molar-refractivity contribution in [2.45, 2.75) is 19.5 Å². The summed E-state index contributed by atoms with van der Waals surface area (Å²) < 4.78 is 16.0. The van der Waals surface area contributed by atoms with Crippen LogP contribution in [0.3, 0.4) is 0 Å². The molecule has 32 heavy (non-hydrogen) atoms. The number of morpholine rings is 1. The minimum atomic E-state index is -0.168. The molecule has 0 aliphatic carbocycles. The third-order valence-electron chi connectivity index (χ3n) is 5.34. The molecule has 1 heterocycles. The lowest BCUT2D eigenvalue weighted by Gasteiger charge is -2.35. The first-order valence-corrected chi connectivity index (χ1v) is 11.3. The second kappa shape index (κ2) is 12.6. The van der Waals surface area contributed by atoms with Crippen molar-refractivity contribution in [2.75, 3.05) is 58.5 Å². The zero-order valence-electron chi connectivity index (χ0n) is 18.8. The van der Waals surface area contributed by atoms with Crippen LogP contribution in [0.2, 0.25) is 5.02 Å². The van der Waals surface area contributed by atoms with Crippen LogP contribution < -0.4 is 10.1 Å². The summed E-state index contributed by atoms with van der Waals surface area (Å²) in [5, 5.41) is 3.43. The number of anilines is 1. The predicted octanol–water partition coefficient (Wildman–Crippen LogP) is 4.12. The van der Waals surface area contributed by atoms with Crippen molar-refractivity contribution in [2.24, 2.45) is 0 Å². The van der Waals surface area contributed by atoms with Crippen LogP contribution in [-0.2, 0) is 16.0 Å². The average Bonchev–Trinajstić information content (AvgIpc) is 2.80. The molecule has 0 unspecified atom stereocenters. The molecular weight excluding hydrogens is 430 g/mol. The van der Waals surface area contributed by atoms with Crippen LogP contribution in [0.25, 0.3) is 0 Å². The highest BCUT2D eigenvalue weighted by Gasteiger charge is 2.24. The second-order valence-electron chi connectivity index (χ2n) is 7.79. The molecule has 2 amide bonds. The van der Waals surface area contributed by atoms with Crippen LogP contribution in [0.15, 0.2) is 48.5 Å². The Bertz CT molecular complexity index is 846. The van der Waals surface area contributed by atoms with Gasteiger partial charge in [0.25, 0.3) is 0 Å². The zero-order valence-corrected chi connectivity index (χ0v) is 19.5. The molecule has 8 heteroatoms. The number of hydrogen-bond acceptors (Lipinski definition) is 5. The van der Waals surface area contributed by atoms with Gasteiger partial charge in [0.2, 0.25) is 0 Å². The van der Waals surface area contributed by atoms with Crippen LogP contribution >= 0.6 is 11.6 Å². The average molecular weight is 462 g/mol. The molecule has 1 aliphatic heterocycles. The quantitative estimate of drug-likeness (QED) is 0.539. The molecule has 3 rings (SSSR count). The van der Waals surface area contributed by atoms with Gasteiger partial charge in [0.05, 0.1) is 24.8 Å². The summed E-state index contributed by atoms with van der Waals surface area (Å²) in [6, 6.07) is 15.1. The van der Waals surface area contributed by atoms with Crippen molar-refractivity contribution in [1.82, 2.24) is 9.80 Å². The molecule has 7 nitrogen and oxygen atoms in total. The Labute approximate surface area is 195 Å². The highest BCUT2D eigenvalue weighted by atomic mass is 35.5. The number of carbonyl (C=O) groups excluding carboxylic acids is 1. The fraction of sp³-hybridized carbons (Fsp3) is 0.458. The maximum Gasteiger partial charge on any atom is 0.322 e. The summed E-state index contributed by atoms with van der Waals surface area (Å²) in [6.45, 7) is 7.49. The van der Waals surface area contributed by atoms with Crippen LogP contribution in [0.5, 0.6) is 5.75 Å². The Morgan fingerprint density at radius 2 is 1.94 bits per heavy atom. The van der Waals surface area contributed by atoms with E-state index < -0.39 is 0 Å². The molecule has 0 radical (unpaired) electrons. The normalized spacial score (nSPS) is 15.2. The van der Waals surface area contributed by atoms with E-state index in [2.05, 4.69) is 17.1 Å². The molecule has 1 atom stereocenters. The van der Waals surface area contributed by atoms with E-state index >= 15 is 0 Å². The molecule has 0 spiro atoms. The number of benzene rings is 2. The molecule has 0 saturated carbocycles. The van der Waals surface area contributed by atoms with Crippen molar-refractivity contribution in [1.29, 1.82) is 0 Å². The van der Waals surface area contributed by atoms with E-state index in [1.807, 2.05) is 35.2 Å². The lowest BCUT2D eigenvalue weighted by molar-refractivity contribution is 0.0277. The molecule has 1 fully saturated rings. The first-order valence-electron chi connectivity index (χ1n) is 10.9. The van der Waals surface area contributed by atoms with Gasteiger partial charge in [0.15, 0.2) is 0 Å². The molecular formula is C24H32ClN3O4. The third-order valence-corrected chi connectivity index (χ3v) is 5.64. The number of amides is 2. The lowest BCUT2D eigenvalue weighted by atomic mass is 10.1. The fourth-order valence-corrected chi connectivity index (χ4v) is 3.82. The van der Waals surface area contributed by atoms with E-state index in [-0.39, 0.29) is 12.1 Å². The molecule has 1 N–H and O–H groups in total. The van der Waals surface area contributed by atoms with E-state index in [9.17, 15) is 4.79 Å². The highest BCUT2D eigenvalue weighted by molar-refractivity contribution is 6.32. The van der Waals surface area contributed by atoms with Gasteiger partial charge < -0.3 is 24.4 Å². The number of ether oxygens (including phenoxy) is 3. The lowest BCUT2D eigenvalue weighted by Crippen LogP contribution is -2.49. The molecule has 0 aromatic heterocycles. The smallest absolute Gasteiger partial charge is 0.322 e. The van der Waals surface area contributed by atoms with E-state index in [0.717, 1.165) is 38.4 Å². The van der Waals surface area contributed by atoms with Crippen molar-refractivity contribution in [3.05, 3.63) is 59.1 Å². The molecule has 2 aromatic rings. The summed E-state index contributed by atoms with van der Waals surface area (Å²) in [5.74, 6) is 0.559. The van der Waals surface area contributed by atoms with Crippen LogP contribution in [0.4, 0.5) is 10.5 Å². The number of methoxy groups -OCH3 is 1. The molecule has 1 saturated heterocycles. The molecule has 1 aliphatic rings. The van der Waals surface area contributed by atoms with Crippen LogP contribution in [0.1, 0.15) is 12.5 Å².